The molecule has 17 heavy (non-hydrogen) atoms. The second-order valence-electron chi connectivity index (χ2n) is 4.05. The maximum Gasteiger partial charge on any atom is 0.311 e. The number of nitrogens with two attached hydrogens (primary N) is 1. The Morgan fingerprint density at radius 2 is 2.18 bits per heavy atom. The summed E-state index contributed by atoms with van der Waals surface area (Å²) in [6, 6.07) is 2.96. The summed E-state index contributed by atoms with van der Waals surface area (Å²) in [6.07, 6.45) is 3.12. The maximum absolute atomic E-state index is 10.8. The van der Waals surface area contributed by atoms with E-state index in [1.165, 1.54) is 12.3 Å². The minimum atomic E-state index is -0.453. The zero-order chi connectivity index (χ0) is 12.9. The molecule has 0 amide bonds. The molecule has 94 valence electrons. The highest BCUT2D eigenvalue weighted by Gasteiger charge is 2.22. The highest BCUT2D eigenvalue weighted by Crippen LogP contribution is 2.21. The van der Waals surface area contributed by atoms with Gasteiger partial charge in [0.1, 0.15) is 0 Å². The molecule has 0 saturated heterocycles. The molecule has 0 radical (unpaired) electrons. The molecular formula is C11H18N4O2. The van der Waals surface area contributed by atoms with Gasteiger partial charge in [-0.3, -0.25) is 10.1 Å². The van der Waals surface area contributed by atoms with Crippen LogP contribution in [0.3, 0.4) is 0 Å². The Labute approximate surface area is 100 Å². The number of anilines is 1. The molecule has 0 spiro atoms. The second kappa shape index (κ2) is 5.58. The molecule has 1 rings (SSSR count). The fraction of sp³-hybridized carbons (Fsp3) is 0.545. The van der Waals surface area contributed by atoms with Gasteiger partial charge in [0.25, 0.3) is 0 Å². The lowest BCUT2D eigenvalue weighted by Crippen LogP contribution is -2.45. The van der Waals surface area contributed by atoms with Gasteiger partial charge in [0.05, 0.1) is 4.92 Å². The average Bonchev–Trinajstić information content (AvgIpc) is 2.36. The van der Waals surface area contributed by atoms with Crippen molar-refractivity contribution < 1.29 is 4.92 Å². The monoisotopic (exact) mass is 238 g/mol. The predicted molar refractivity (Wildman–Crippen MR) is 66.9 cm³/mol. The van der Waals surface area contributed by atoms with Crippen molar-refractivity contribution in [2.75, 3.05) is 11.9 Å². The van der Waals surface area contributed by atoms with E-state index in [1.807, 2.05) is 13.8 Å². The molecule has 0 fully saturated rings. The summed E-state index contributed by atoms with van der Waals surface area (Å²) < 4.78 is 0. The fourth-order valence-corrected chi connectivity index (χ4v) is 1.44. The van der Waals surface area contributed by atoms with E-state index >= 15 is 0 Å². The standard InChI is InChI=1S/C11H18N4O2/c1-3-11(12,4-2)8-14-10-9(15(16)17)6-5-7-13-10/h5-7H,3-4,8,12H2,1-2H3,(H,13,14). The third-order valence-electron chi connectivity index (χ3n) is 3.00. The van der Waals surface area contributed by atoms with Gasteiger partial charge >= 0.3 is 5.69 Å². The molecule has 3 N–H and O–H groups in total. The molecule has 0 aliphatic carbocycles. The summed E-state index contributed by atoms with van der Waals surface area (Å²) >= 11 is 0. The van der Waals surface area contributed by atoms with E-state index in [0.29, 0.717) is 6.54 Å². The van der Waals surface area contributed by atoms with Crippen LogP contribution in [0.4, 0.5) is 11.5 Å². The number of hydrogen-bond acceptors (Lipinski definition) is 5. The molecule has 0 atom stereocenters. The van der Waals surface area contributed by atoms with Crippen LogP contribution in [0.15, 0.2) is 18.3 Å². The Morgan fingerprint density at radius 1 is 1.53 bits per heavy atom. The van der Waals surface area contributed by atoms with Crippen LogP contribution in [0, 0.1) is 10.1 Å². The van der Waals surface area contributed by atoms with E-state index < -0.39 is 4.92 Å². The van der Waals surface area contributed by atoms with Crippen molar-refractivity contribution in [3.8, 4) is 0 Å². The average molecular weight is 238 g/mol. The normalized spacial score (nSPS) is 11.2. The summed E-state index contributed by atoms with van der Waals surface area (Å²) in [5.74, 6) is 0.272. The van der Waals surface area contributed by atoms with E-state index in [2.05, 4.69) is 10.3 Å². The van der Waals surface area contributed by atoms with Crippen LogP contribution >= 0.6 is 0 Å². The smallest absolute Gasteiger partial charge is 0.311 e. The molecule has 0 aliphatic rings. The minimum absolute atomic E-state index is 0.0259. The van der Waals surface area contributed by atoms with Gasteiger partial charge in [-0.05, 0) is 18.9 Å². The Kier molecular flexibility index (Phi) is 4.39. The number of hydrogen-bond donors (Lipinski definition) is 2. The number of nitro groups is 1. The van der Waals surface area contributed by atoms with Crippen LogP contribution in [-0.2, 0) is 0 Å². The molecule has 6 heteroatoms. The van der Waals surface area contributed by atoms with Crippen molar-refractivity contribution in [1.29, 1.82) is 0 Å². The quantitative estimate of drug-likeness (QED) is 0.583. The van der Waals surface area contributed by atoms with Crippen molar-refractivity contribution in [1.82, 2.24) is 4.98 Å². The summed E-state index contributed by atoms with van der Waals surface area (Å²) in [5.41, 5.74) is 5.73. The highest BCUT2D eigenvalue weighted by atomic mass is 16.6. The number of pyridine rings is 1. The maximum atomic E-state index is 10.8. The van der Waals surface area contributed by atoms with Crippen molar-refractivity contribution >= 4 is 11.5 Å². The predicted octanol–water partition coefficient (Wildman–Crippen LogP) is 1.92. The molecule has 0 saturated carbocycles. The molecule has 0 aromatic carbocycles. The molecule has 1 aromatic rings. The third kappa shape index (κ3) is 3.39. The van der Waals surface area contributed by atoms with Gasteiger partial charge in [0, 0.05) is 24.3 Å². The lowest BCUT2D eigenvalue weighted by Gasteiger charge is -2.26. The first-order valence-corrected chi connectivity index (χ1v) is 5.64. The van der Waals surface area contributed by atoms with E-state index in [-0.39, 0.29) is 17.0 Å². The lowest BCUT2D eigenvalue weighted by atomic mass is 9.94. The van der Waals surface area contributed by atoms with Crippen LogP contribution < -0.4 is 11.1 Å². The van der Waals surface area contributed by atoms with Gasteiger partial charge < -0.3 is 11.1 Å². The molecule has 0 unspecified atom stereocenters. The van der Waals surface area contributed by atoms with E-state index in [9.17, 15) is 10.1 Å². The molecular weight excluding hydrogens is 220 g/mol. The Bertz CT molecular complexity index is 391. The van der Waals surface area contributed by atoms with Gasteiger partial charge in [0.15, 0.2) is 0 Å². The lowest BCUT2D eigenvalue weighted by molar-refractivity contribution is -0.384. The zero-order valence-electron chi connectivity index (χ0n) is 10.1. The summed E-state index contributed by atoms with van der Waals surface area (Å²) in [6.45, 7) is 4.47. The zero-order valence-corrected chi connectivity index (χ0v) is 10.1. The van der Waals surface area contributed by atoms with E-state index in [0.717, 1.165) is 12.8 Å². The van der Waals surface area contributed by atoms with Crippen LogP contribution in [0.2, 0.25) is 0 Å². The van der Waals surface area contributed by atoms with Crippen molar-refractivity contribution in [2.45, 2.75) is 32.2 Å². The van der Waals surface area contributed by atoms with Crippen LogP contribution in [0.25, 0.3) is 0 Å². The Hall–Kier alpha value is -1.69. The topological polar surface area (TPSA) is 94.1 Å². The highest BCUT2D eigenvalue weighted by molar-refractivity contribution is 5.55. The number of nitrogens with zero attached hydrogens (tertiary/aromatic N) is 2. The van der Waals surface area contributed by atoms with Crippen LogP contribution in [0.1, 0.15) is 26.7 Å². The summed E-state index contributed by atoms with van der Waals surface area (Å²) in [4.78, 5) is 14.3. The SMILES string of the molecule is CCC(N)(CC)CNc1ncccc1[N+](=O)[O-]. The van der Waals surface area contributed by atoms with Crippen molar-refractivity contribution in [3.63, 3.8) is 0 Å². The van der Waals surface area contributed by atoms with Gasteiger partial charge in [-0.15, -0.1) is 0 Å². The van der Waals surface area contributed by atoms with E-state index in [1.54, 1.807) is 6.07 Å². The Balaban J connectivity index is 2.79. The van der Waals surface area contributed by atoms with Gasteiger partial charge in [-0.25, -0.2) is 4.98 Å². The van der Waals surface area contributed by atoms with Crippen molar-refractivity contribution in [3.05, 3.63) is 28.4 Å². The summed E-state index contributed by atoms with van der Waals surface area (Å²) in [7, 11) is 0. The van der Waals surface area contributed by atoms with Crippen LogP contribution in [-0.4, -0.2) is 22.0 Å². The third-order valence-corrected chi connectivity index (χ3v) is 3.00. The van der Waals surface area contributed by atoms with E-state index in [4.69, 9.17) is 5.73 Å². The number of nitrogens with one attached hydrogen (secondary N) is 1. The van der Waals surface area contributed by atoms with Gasteiger partial charge in [-0.1, -0.05) is 13.8 Å². The van der Waals surface area contributed by atoms with Gasteiger partial charge in [-0.2, -0.15) is 0 Å². The first kappa shape index (κ1) is 13.4. The molecule has 0 bridgehead atoms. The molecule has 6 nitrogen and oxygen atoms in total. The summed E-state index contributed by atoms with van der Waals surface area (Å²) in [5, 5.41) is 13.7. The Morgan fingerprint density at radius 3 is 2.71 bits per heavy atom. The minimum Gasteiger partial charge on any atom is -0.362 e. The molecule has 1 heterocycles. The first-order valence-electron chi connectivity index (χ1n) is 5.64. The first-order chi connectivity index (χ1) is 8.02. The largest absolute Gasteiger partial charge is 0.362 e. The number of aromatic nitrogens is 1. The molecule has 1 aromatic heterocycles. The van der Waals surface area contributed by atoms with Gasteiger partial charge in [0.2, 0.25) is 5.82 Å². The fourth-order valence-electron chi connectivity index (χ4n) is 1.44. The molecule has 0 aliphatic heterocycles. The number of rotatable bonds is 6. The second-order valence-corrected chi connectivity index (χ2v) is 4.05. The van der Waals surface area contributed by atoms with Crippen molar-refractivity contribution in [2.24, 2.45) is 5.73 Å². The van der Waals surface area contributed by atoms with Crippen LogP contribution in [0.5, 0.6) is 0 Å².